The van der Waals surface area contributed by atoms with Gasteiger partial charge in [-0.05, 0) is 24.3 Å². The molecule has 4 heteroatoms. The molecule has 1 heterocycles. The first-order valence-electron chi connectivity index (χ1n) is 5.88. The molecule has 0 radical (unpaired) electrons. The molecule has 0 bridgehead atoms. The fraction of sp³-hybridized carbons (Fsp3) is 0.286. The fourth-order valence-corrected chi connectivity index (χ4v) is 1.67. The summed E-state index contributed by atoms with van der Waals surface area (Å²) in [6.07, 6.45) is 0.879. The summed E-state index contributed by atoms with van der Waals surface area (Å²) in [5.41, 5.74) is 0.794. The van der Waals surface area contributed by atoms with Crippen molar-refractivity contribution in [2.75, 3.05) is 12.4 Å². The van der Waals surface area contributed by atoms with Crippen LogP contribution in [0, 0.1) is 5.82 Å². The van der Waals surface area contributed by atoms with Crippen LogP contribution in [0.1, 0.15) is 18.4 Å². The minimum Gasteiger partial charge on any atom is -0.494 e. The molecule has 2 aromatic rings. The smallest absolute Gasteiger partial charge is 0.165 e. The molecule has 0 saturated carbocycles. The van der Waals surface area contributed by atoms with Gasteiger partial charge in [0.25, 0.3) is 0 Å². The van der Waals surface area contributed by atoms with E-state index in [1.165, 1.54) is 13.2 Å². The first-order valence-corrected chi connectivity index (χ1v) is 5.88. The number of halogens is 1. The second kappa shape index (κ2) is 5.58. The van der Waals surface area contributed by atoms with Crippen molar-refractivity contribution in [2.45, 2.75) is 19.9 Å². The van der Waals surface area contributed by atoms with Gasteiger partial charge in [-0.2, -0.15) is 0 Å². The maximum Gasteiger partial charge on any atom is 0.165 e. The average Bonchev–Trinajstić information content (AvgIpc) is 2.86. The Morgan fingerprint density at radius 2 is 2.00 bits per heavy atom. The van der Waals surface area contributed by atoms with E-state index in [1.807, 2.05) is 19.1 Å². The molecule has 96 valence electrons. The lowest BCUT2D eigenvalue weighted by molar-refractivity contribution is 0.387. The number of aryl methyl sites for hydroxylation is 1. The van der Waals surface area contributed by atoms with Gasteiger partial charge in [-0.3, -0.25) is 0 Å². The zero-order valence-electron chi connectivity index (χ0n) is 10.5. The van der Waals surface area contributed by atoms with Crippen molar-refractivity contribution in [3.8, 4) is 5.75 Å². The van der Waals surface area contributed by atoms with E-state index in [1.54, 1.807) is 12.1 Å². The third-order valence-corrected chi connectivity index (χ3v) is 2.68. The highest BCUT2D eigenvalue weighted by atomic mass is 19.1. The van der Waals surface area contributed by atoms with Gasteiger partial charge in [-0.1, -0.05) is 6.92 Å². The van der Waals surface area contributed by atoms with Crippen LogP contribution in [-0.4, -0.2) is 7.11 Å². The van der Waals surface area contributed by atoms with E-state index >= 15 is 0 Å². The normalized spacial score (nSPS) is 10.4. The predicted octanol–water partition coefficient (Wildman–Crippen LogP) is 3.60. The number of ether oxygens (including phenoxy) is 1. The highest BCUT2D eigenvalue weighted by molar-refractivity contribution is 5.48. The quantitative estimate of drug-likeness (QED) is 0.879. The van der Waals surface area contributed by atoms with Crippen molar-refractivity contribution in [3.05, 3.63) is 47.7 Å². The number of nitrogens with one attached hydrogen (secondary N) is 1. The summed E-state index contributed by atoms with van der Waals surface area (Å²) in [6.45, 7) is 2.61. The molecule has 0 aliphatic heterocycles. The standard InChI is InChI=1S/C14H16FNO2/c1-3-11-5-6-12(18-11)9-16-10-4-7-13(15)14(8-10)17-2/h4-8,16H,3,9H2,1-2H3. The molecule has 0 unspecified atom stereocenters. The Labute approximate surface area is 106 Å². The van der Waals surface area contributed by atoms with Gasteiger partial charge >= 0.3 is 0 Å². The summed E-state index contributed by atoms with van der Waals surface area (Å²) in [5.74, 6) is 1.68. The number of benzene rings is 1. The van der Waals surface area contributed by atoms with Gasteiger partial charge in [0.05, 0.1) is 13.7 Å². The van der Waals surface area contributed by atoms with Gasteiger partial charge in [0.2, 0.25) is 0 Å². The molecule has 0 saturated heterocycles. The number of hydrogen-bond donors (Lipinski definition) is 1. The van der Waals surface area contributed by atoms with E-state index in [4.69, 9.17) is 9.15 Å². The number of methoxy groups -OCH3 is 1. The lowest BCUT2D eigenvalue weighted by atomic mass is 10.3. The van der Waals surface area contributed by atoms with E-state index in [9.17, 15) is 4.39 Å². The van der Waals surface area contributed by atoms with Gasteiger partial charge in [0, 0.05) is 18.2 Å². The van der Waals surface area contributed by atoms with Crippen molar-refractivity contribution in [1.82, 2.24) is 0 Å². The summed E-state index contributed by atoms with van der Waals surface area (Å²) in [4.78, 5) is 0. The van der Waals surface area contributed by atoms with Crippen LogP contribution in [0.2, 0.25) is 0 Å². The van der Waals surface area contributed by atoms with Crippen LogP contribution in [-0.2, 0) is 13.0 Å². The Balaban J connectivity index is 2.01. The van der Waals surface area contributed by atoms with Crippen LogP contribution in [0.4, 0.5) is 10.1 Å². The van der Waals surface area contributed by atoms with Gasteiger partial charge < -0.3 is 14.5 Å². The number of hydrogen-bond acceptors (Lipinski definition) is 3. The maximum atomic E-state index is 13.2. The lowest BCUT2D eigenvalue weighted by Crippen LogP contribution is -1.99. The average molecular weight is 249 g/mol. The van der Waals surface area contributed by atoms with E-state index in [0.717, 1.165) is 23.6 Å². The minimum atomic E-state index is -0.366. The van der Waals surface area contributed by atoms with Crippen LogP contribution in [0.15, 0.2) is 34.7 Å². The Morgan fingerprint density at radius 1 is 1.22 bits per heavy atom. The van der Waals surface area contributed by atoms with Crippen molar-refractivity contribution < 1.29 is 13.5 Å². The monoisotopic (exact) mass is 249 g/mol. The van der Waals surface area contributed by atoms with E-state index in [0.29, 0.717) is 6.54 Å². The molecule has 2 rings (SSSR count). The topological polar surface area (TPSA) is 34.4 Å². The molecule has 0 atom stereocenters. The molecular formula is C14H16FNO2. The number of rotatable bonds is 5. The molecular weight excluding hydrogens is 233 g/mol. The summed E-state index contributed by atoms with van der Waals surface area (Å²) < 4.78 is 23.7. The van der Waals surface area contributed by atoms with Crippen molar-refractivity contribution in [1.29, 1.82) is 0 Å². The number of anilines is 1. The molecule has 0 amide bonds. The van der Waals surface area contributed by atoms with Crippen molar-refractivity contribution in [3.63, 3.8) is 0 Å². The van der Waals surface area contributed by atoms with Gasteiger partial charge in [-0.15, -0.1) is 0 Å². The summed E-state index contributed by atoms with van der Waals surface area (Å²) in [7, 11) is 1.45. The van der Waals surface area contributed by atoms with Crippen LogP contribution in [0.3, 0.4) is 0 Å². The second-order valence-corrected chi connectivity index (χ2v) is 3.92. The summed E-state index contributed by atoms with van der Waals surface area (Å²) >= 11 is 0. The highest BCUT2D eigenvalue weighted by Crippen LogP contribution is 2.22. The Kier molecular flexibility index (Phi) is 3.87. The minimum absolute atomic E-state index is 0.230. The molecule has 3 nitrogen and oxygen atoms in total. The first-order chi connectivity index (χ1) is 8.72. The zero-order valence-corrected chi connectivity index (χ0v) is 10.5. The third kappa shape index (κ3) is 2.83. The first kappa shape index (κ1) is 12.5. The number of furan rings is 1. The second-order valence-electron chi connectivity index (χ2n) is 3.92. The molecule has 18 heavy (non-hydrogen) atoms. The predicted molar refractivity (Wildman–Crippen MR) is 68.4 cm³/mol. The largest absolute Gasteiger partial charge is 0.494 e. The Hall–Kier alpha value is -1.97. The highest BCUT2D eigenvalue weighted by Gasteiger charge is 2.04. The van der Waals surface area contributed by atoms with Crippen LogP contribution in [0.5, 0.6) is 5.75 Å². The van der Waals surface area contributed by atoms with Gasteiger partial charge in [0.1, 0.15) is 11.5 Å². The van der Waals surface area contributed by atoms with Crippen LogP contribution < -0.4 is 10.1 Å². The van der Waals surface area contributed by atoms with Crippen LogP contribution in [0.25, 0.3) is 0 Å². The molecule has 1 aromatic carbocycles. The Bertz CT molecular complexity index is 522. The molecule has 0 aliphatic carbocycles. The summed E-state index contributed by atoms with van der Waals surface area (Å²) in [6, 6.07) is 8.57. The molecule has 1 N–H and O–H groups in total. The van der Waals surface area contributed by atoms with Gasteiger partial charge in [0.15, 0.2) is 11.6 Å². The third-order valence-electron chi connectivity index (χ3n) is 2.68. The molecule has 1 aromatic heterocycles. The fourth-order valence-electron chi connectivity index (χ4n) is 1.67. The van der Waals surface area contributed by atoms with E-state index in [2.05, 4.69) is 5.32 Å². The SMILES string of the molecule is CCc1ccc(CNc2ccc(F)c(OC)c2)o1. The van der Waals surface area contributed by atoms with Crippen LogP contribution >= 0.6 is 0 Å². The Morgan fingerprint density at radius 3 is 2.67 bits per heavy atom. The van der Waals surface area contributed by atoms with E-state index < -0.39 is 0 Å². The van der Waals surface area contributed by atoms with Gasteiger partial charge in [-0.25, -0.2) is 4.39 Å². The van der Waals surface area contributed by atoms with E-state index in [-0.39, 0.29) is 11.6 Å². The summed E-state index contributed by atoms with van der Waals surface area (Å²) in [5, 5.41) is 3.16. The maximum absolute atomic E-state index is 13.2. The zero-order chi connectivity index (χ0) is 13.0. The molecule has 0 fully saturated rings. The molecule has 0 aliphatic rings. The molecule has 0 spiro atoms. The lowest BCUT2D eigenvalue weighted by Gasteiger charge is -2.07. The van der Waals surface area contributed by atoms with Crippen molar-refractivity contribution in [2.24, 2.45) is 0 Å². The van der Waals surface area contributed by atoms with Crippen molar-refractivity contribution >= 4 is 5.69 Å².